The van der Waals surface area contributed by atoms with Crippen LogP contribution in [0.2, 0.25) is 0 Å². The summed E-state index contributed by atoms with van der Waals surface area (Å²) in [5, 5.41) is 18.8. The molecular weight excluding hydrogens is 304 g/mol. The predicted molar refractivity (Wildman–Crippen MR) is 82.7 cm³/mol. The molecule has 0 heterocycles. The zero-order chi connectivity index (χ0) is 16.3. The molecule has 0 saturated heterocycles. The number of carbonyl (C=O) groups is 2. The number of benzene rings is 1. The van der Waals surface area contributed by atoms with Gasteiger partial charge >= 0.3 is 11.9 Å². The van der Waals surface area contributed by atoms with Gasteiger partial charge in [-0.25, -0.2) is 4.79 Å². The van der Waals surface area contributed by atoms with Crippen molar-refractivity contribution in [2.75, 3.05) is 0 Å². The fourth-order valence-corrected chi connectivity index (χ4v) is 4.22. The van der Waals surface area contributed by atoms with Gasteiger partial charge in [0.05, 0.1) is 5.75 Å². The molecule has 3 atom stereocenters. The van der Waals surface area contributed by atoms with E-state index in [4.69, 9.17) is 0 Å². The first-order valence-corrected chi connectivity index (χ1v) is 8.00. The SMILES string of the molecule is CC1C(C(=O)O)=CC=C[C@@]1(C(=O)O)S(=O)Cc1ccccc1. The van der Waals surface area contributed by atoms with E-state index in [0.29, 0.717) is 0 Å². The minimum atomic E-state index is -1.80. The third-order valence-corrected chi connectivity index (χ3v) is 5.84. The molecule has 1 aliphatic rings. The molecule has 5 nitrogen and oxygen atoms in total. The Hall–Kier alpha value is -2.21. The molecule has 6 heteroatoms. The second-order valence-electron chi connectivity index (χ2n) is 5.08. The van der Waals surface area contributed by atoms with Crippen LogP contribution >= 0.6 is 0 Å². The Kier molecular flexibility index (Phi) is 4.61. The standard InChI is InChI=1S/C16H16O5S/c1-11-13(14(17)18)8-5-9-16(11,15(19)20)22(21)10-12-6-3-2-4-7-12/h2-9,11H,10H2,1H3,(H,17,18)(H,19,20)/t11?,16-,22?/m1/s1. The number of carboxylic acid groups (broad SMARTS) is 2. The van der Waals surface area contributed by atoms with E-state index in [-0.39, 0.29) is 11.3 Å². The Morgan fingerprint density at radius 2 is 1.86 bits per heavy atom. The van der Waals surface area contributed by atoms with E-state index in [0.717, 1.165) is 5.56 Å². The van der Waals surface area contributed by atoms with Gasteiger partial charge in [-0.1, -0.05) is 55.5 Å². The zero-order valence-corrected chi connectivity index (χ0v) is 12.7. The molecule has 1 aromatic carbocycles. The van der Waals surface area contributed by atoms with Gasteiger partial charge in [0.25, 0.3) is 0 Å². The smallest absolute Gasteiger partial charge is 0.331 e. The summed E-state index contributed by atoms with van der Waals surface area (Å²) in [4.78, 5) is 23.1. The second-order valence-corrected chi connectivity index (χ2v) is 6.74. The minimum Gasteiger partial charge on any atom is -0.480 e. The molecular formula is C16H16O5S. The van der Waals surface area contributed by atoms with Crippen LogP contribution in [0, 0.1) is 5.92 Å². The lowest BCUT2D eigenvalue weighted by Crippen LogP contribution is -2.50. The van der Waals surface area contributed by atoms with Crippen molar-refractivity contribution in [2.24, 2.45) is 5.92 Å². The van der Waals surface area contributed by atoms with Crippen molar-refractivity contribution >= 4 is 22.7 Å². The van der Waals surface area contributed by atoms with Crippen molar-refractivity contribution < 1.29 is 24.0 Å². The van der Waals surface area contributed by atoms with Crippen LogP contribution in [-0.4, -0.2) is 31.1 Å². The van der Waals surface area contributed by atoms with Crippen LogP contribution in [0.3, 0.4) is 0 Å². The molecule has 116 valence electrons. The van der Waals surface area contributed by atoms with Crippen molar-refractivity contribution in [3.05, 3.63) is 59.7 Å². The predicted octanol–water partition coefficient (Wildman–Crippen LogP) is 1.98. The third kappa shape index (κ3) is 2.74. The van der Waals surface area contributed by atoms with E-state index >= 15 is 0 Å². The number of allylic oxidation sites excluding steroid dienone is 2. The van der Waals surface area contributed by atoms with Gasteiger partial charge in [-0.05, 0) is 5.56 Å². The maximum atomic E-state index is 12.8. The Bertz CT molecular complexity index is 677. The van der Waals surface area contributed by atoms with Crippen LogP contribution in [0.25, 0.3) is 0 Å². The molecule has 0 aliphatic heterocycles. The van der Waals surface area contributed by atoms with Crippen LogP contribution in [0.1, 0.15) is 12.5 Å². The lowest BCUT2D eigenvalue weighted by molar-refractivity contribution is -0.139. The zero-order valence-electron chi connectivity index (χ0n) is 11.9. The van der Waals surface area contributed by atoms with Crippen LogP contribution in [0.4, 0.5) is 0 Å². The average molecular weight is 320 g/mol. The minimum absolute atomic E-state index is 0.0497. The molecule has 2 unspecified atom stereocenters. The Morgan fingerprint density at radius 3 is 2.41 bits per heavy atom. The summed E-state index contributed by atoms with van der Waals surface area (Å²) < 4.78 is 11.0. The topological polar surface area (TPSA) is 91.7 Å². The summed E-state index contributed by atoms with van der Waals surface area (Å²) in [6, 6.07) is 8.90. The lowest BCUT2D eigenvalue weighted by Gasteiger charge is -2.34. The molecule has 0 amide bonds. The summed E-state index contributed by atoms with van der Waals surface area (Å²) in [5.74, 6) is -3.32. The highest BCUT2D eigenvalue weighted by Crippen LogP contribution is 2.36. The Balaban J connectivity index is 2.40. The molecule has 1 aromatic rings. The highest BCUT2D eigenvalue weighted by atomic mass is 32.2. The summed E-state index contributed by atoms with van der Waals surface area (Å²) in [7, 11) is -1.80. The van der Waals surface area contributed by atoms with Crippen LogP contribution in [0.5, 0.6) is 0 Å². The number of carboxylic acids is 2. The average Bonchev–Trinajstić information content (AvgIpc) is 2.47. The first-order valence-electron chi connectivity index (χ1n) is 6.68. The highest BCUT2D eigenvalue weighted by Gasteiger charge is 2.50. The van der Waals surface area contributed by atoms with Gasteiger partial charge in [-0.2, -0.15) is 0 Å². The molecule has 0 saturated carbocycles. The molecule has 0 bridgehead atoms. The number of hydrogen-bond donors (Lipinski definition) is 2. The molecule has 0 spiro atoms. The summed E-state index contributed by atoms with van der Waals surface area (Å²) in [5.41, 5.74) is 0.694. The van der Waals surface area contributed by atoms with Gasteiger partial charge in [0.15, 0.2) is 4.75 Å². The molecule has 0 aromatic heterocycles. The Morgan fingerprint density at radius 1 is 1.23 bits per heavy atom. The fraction of sp³-hybridized carbons (Fsp3) is 0.250. The monoisotopic (exact) mass is 320 g/mol. The van der Waals surface area contributed by atoms with Crippen molar-refractivity contribution in [1.29, 1.82) is 0 Å². The quantitative estimate of drug-likeness (QED) is 0.865. The van der Waals surface area contributed by atoms with E-state index in [2.05, 4.69) is 0 Å². The van der Waals surface area contributed by atoms with Crippen molar-refractivity contribution in [3.8, 4) is 0 Å². The maximum Gasteiger partial charge on any atom is 0.331 e. The third-order valence-electron chi connectivity index (χ3n) is 3.83. The van der Waals surface area contributed by atoms with E-state index in [1.54, 1.807) is 24.3 Å². The van der Waals surface area contributed by atoms with Crippen LogP contribution in [-0.2, 0) is 26.1 Å². The first-order chi connectivity index (χ1) is 10.4. The highest BCUT2D eigenvalue weighted by molar-refractivity contribution is 7.86. The second kappa shape index (κ2) is 6.27. The van der Waals surface area contributed by atoms with Gasteiger partial charge in [0.1, 0.15) is 0 Å². The number of aliphatic carboxylic acids is 2. The van der Waals surface area contributed by atoms with E-state index in [1.165, 1.54) is 25.2 Å². The summed E-state index contributed by atoms with van der Waals surface area (Å²) >= 11 is 0. The lowest BCUT2D eigenvalue weighted by atomic mass is 9.82. The van der Waals surface area contributed by atoms with E-state index in [9.17, 15) is 24.0 Å². The van der Waals surface area contributed by atoms with Gasteiger partial charge in [0.2, 0.25) is 0 Å². The Labute approximate surface area is 130 Å². The molecule has 22 heavy (non-hydrogen) atoms. The van der Waals surface area contributed by atoms with Gasteiger partial charge < -0.3 is 10.2 Å². The van der Waals surface area contributed by atoms with Gasteiger partial charge in [0, 0.05) is 22.3 Å². The number of rotatable bonds is 5. The fourth-order valence-electron chi connectivity index (χ4n) is 2.54. The van der Waals surface area contributed by atoms with Gasteiger partial charge in [-0.15, -0.1) is 0 Å². The van der Waals surface area contributed by atoms with Crippen molar-refractivity contribution in [2.45, 2.75) is 17.4 Å². The molecule has 1 aliphatic carbocycles. The molecule has 2 N–H and O–H groups in total. The van der Waals surface area contributed by atoms with Gasteiger partial charge in [-0.3, -0.25) is 9.00 Å². The molecule has 0 fully saturated rings. The van der Waals surface area contributed by atoms with Crippen LogP contribution < -0.4 is 0 Å². The maximum absolute atomic E-state index is 12.8. The van der Waals surface area contributed by atoms with E-state index in [1.807, 2.05) is 6.07 Å². The van der Waals surface area contributed by atoms with Crippen LogP contribution in [0.15, 0.2) is 54.1 Å². The van der Waals surface area contributed by atoms with Crippen molar-refractivity contribution in [1.82, 2.24) is 0 Å². The largest absolute Gasteiger partial charge is 0.480 e. The number of hydrogen-bond acceptors (Lipinski definition) is 3. The molecule has 2 rings (SSSR count). The normalized spacial score (nSPS) is 25.3. The summed E-state index contributed by atoms with van der Waals surface area (Å²) in [6.45, 7) is 1.49. The molecule has 0 radical (unpaired) electrons. The summed E-state index contributed by atoms with van der Waals surface area (Å²) in [6.07, 6.45) is 4.06. The van der Waals surface area contributed by atoms with Crippen molar-refractivity contribution in [3.63, 3.8) is 0 Å². The van der Waals surface area contributed by atoms with E-state index < -0.39 is 33.4 Å². The first kappa shape index (κ1) is 16.2.